The molecule has 1 atom stereocenters. The van der Waals surface area contributed by atoms with Crippen LogP contribution in [0.2, 0.25) is 0 Å². The summed E-state index contributed by atoms with van der Waals surface area (Å²) < 4.78 is 5.98. The van der Waals surface area contributed by atoms with Gasteiger partial charge in [0.15, 0.2) is 6.04 Å². The third-order valence-electron chi connectivity index (χ3n) is 2.78. The van der Waals surface area contributed by atoms with E-state index in [1.165, 1.54) is 30.1 Å². The largest absolute Gasteiger partial charge is 0.467 e. The predicted octanol–water partition coefficient (Wildman–Crippen LogP) is 0.617. The Bertz CT molecular complexity index is 637. The second-order valence-electron chi connectivity index (χ2n) is 3.86. The van der Waals surface area contributed by atoms with Crippen LogP contribution in [0.3, 0.4) is 0 Å². The van der Waals surface area contributed by atoms with Crippen LogP contribution in [0.15, 0.2) is 24.4 Å². The summed E-state index contributed by atoms with van der Waals surface area (Å²) in [4.78, 5) is 21.9. The van der Waals surface area contributed by atoms with Crippen molar-refractivity contribution in [2.75, 3.05) is 13.7 Å². The van der Waals surface area contributed by atoms with Crippen molar-refractivity contribution < 1.29 is 14.5 Å². The third-order valence-corrected chi connectivity index (χ3v) is 2.78. The Hall–Kier alpha value is -2.48. The number of hydrogen-bond acceptors (Lipinski definition) is 6. The minimum Gasteiger partial charge on any atom is -0.467 e. The lowest BCUT2D eigenvalue weighted by Gasteiger charge is -2.13. The molecule has 2 aromatic rings. The molecule has 1 aromatic carbocycles. The van der Waals surface area contributed by atoms with Crippen molar-refractivity contribution in [2.45, 2.75) is 6.04 Å². The zero-order valence-electron chi connectivity index (χ0n) is 10.1. The average Bonchev–Trinajstić information content (AvgIpc) is 2.82. The molecular formula is C11H12N4O4. The molecule has 0 aliphatic rings. The van der Waals surface area contributed by atoms with E-state index in [9.17, 15) is 14.9 Å². The number of fused-ring (bicyclic) bond motifs is 1. The molecule has 1 unspecified atom stereocenters. The van der Waals surface area contributed by atoms with Crippen molar-refractivity contribution in [3.05, 3.63) is 34.5 Å². The Morgan fingerprint density at radius 3 is 2.95 bits per heavy atom. The van der Waals surface area contributed by atoms with Crippen LogP contribution in [0, 0.1) is 10.1 Å². The molecule has 0 saturated heterocycles. The first kappa shape index (κ1) is 13.0. The van der Waals surface area contributed by atoms with Gasteiger partial charge in [-0.3, -0.25) is 10.1 Å². The van der Waals surface area contributed by atoms with E-state index in [2.05, 4.69) is 9.84 Å². The Morgan fingerprint density at radius 1 is 1.63 bits per heavy atom. The summed E-state index contributed by atoms with van der Waals surface area (Å²) >= 11 is 0. The van der Waals surface area contributed by atoms with Gasteiger partial charge < -0.3 is 10.5 Å². The van der Waals surface area contributed by atoms with Gasteiger partial charge in [0.1, 0.15) is 0 Å². The molecule has 1 heterocycles. The number of nitrogens with two attached hydrogens (primary N) is 1. The van der Waals surface area contributed by atoms with Crippen molar-refractivity contribution in [1.29, 1.82) is 0 Å². The molecule has 0 amide bonds. The Labute approximate surface area is 107 Å². The second-order valence-corrected chi connectivity index (χ2v) is 3.86. The fourth-order valence-corrected chi connectivity index (χ4v) is 1.82. The van der Waals surface area contributed by atoms with Crippen molar-refractivity contribution in [3.63, 3.8) is 0 Å². The Morgan fingerprint density at radius 2 is 2.37 bits per heavy atom. The molecule has 0 fully saturated rings. The number of rotatable bonds is 4. The molecule has 0 aliphatic heterocycles. The van der Waals surface area contributed by atoms with Crippen LogP contribution in [0.5, 0.6) is 0 Å². The predicted molar refractivity (Wildman–Crippen MR) is 66.5 cm³/mol. The standard InChI is InChI=1S/C11H12N4O4/c1-19-11(16)10(5-12)14-9-4-8(15(17)18)3-2-7(9)6-13-14/h2-4,6,10H,5,12H2,1H3. The molecule has 2 N–H and O–H groups in total. The number of nitro groups is 1. The molecule has 19 heavy (non-hydrogen) atoms. The van der Waals surface area contributed by atoms with E-state index in [0.717, 1.165) is 0 Å². The zero-order chi connectivity index (χ0) is 14.0. The second kappa shape index (κ2) is 5.02. The fraction of sp³-hybridized carbons (Fsp3) is 0.273. The lowest BCUT2D eigenvalue weighted by molar-refractivity contribution is -0.384. The van der Waals surface area contributed by atoms with Gasteiger partial charge in [-0.2, -0.15) is 5.10 Å². The van der Waals surface area contributed by atoms with Gasteiger partial charge in [0, 0.05) is 24.1 Å². The van der Waals surface area contributed by atoms with Gasteiger partial charge in [0.05, 0.1) is 23.7 Å². The van der Waals surface area contributed by atoms with Gasteiger partial charge in [-0.1, -0.05) is 0 Å². The molecule has 0 radical (unpaired) electrons. The number of non-ortho nitro benzene ring substituents is 1. The molecule has 2 rings (SSSR count). The minimum absolute atomic E-state index is 0.00779. The van der Waals surface area contributed by atoms with Gasteiger partial charge in [-0.05, 0) is 6.07 Å². The van der Waals surface area contributed by atoms with E-state index in [1.54, 1.807) is 6.07 Å². The summed E-state index contributed by atoms with van der Waals surface area (Å²) in [6.45, 7) is -0.00779. The molecule has 8 nitrogen and oxygen atoms in total. The van der Waals surface area contributed by atoms with Crippen LogP contribution in [0.4, 0.5) is 5.69 Å². The fourth-order valence-electron chi connectivity index (χ4n) is 1.82. The molecule has 0 bridgehead atoms. The SMILES string of the molecule is COC(=O)C(CN)n1ncc2ccc([N+](=O)[O-])cc21. The van der Waals surface area contributed by atoms with E-state index in [1.807, 2.05) is 0 Å². The minimum atomic E-state index is -0.801. The summed E-state index contributed by atoms with van der Waals surface area (Å²) in [7, 11) is 1.25. The lowest BCUT2D eigenvalue weighted by atomic mass is 10.2. The van der Waals surface area contributed by atoms with Gasteiger partial charge in [-0.25, -0.2) is 9.48 Å². The lowest BCUT2D eigenvalue weighted by Crippen LogP contribution is -2.28. The summed E-state index contributed by atoms with van der Waals surface area (Å²) in [6.07, 6.45) is 1.52. The maximum absolute atomic E-state index is 11.6. The van der Waals surface area contributed by atoms with Crippen LogP contribution >= 0.6 is 0 Å². The number of carbonyl (C=O) groups excluding carboxylic acids is 1. The Balaban J connectivity index is 2.56. The van der Waals surface area contributed by atoms with Crippen molar-refractivity contribution >= 4 is 22.6 Å². The van der Waals surface area contributed by atoms with E-state index >= 15 is 0 Å². The van der Waals surface area contributed by atoms with E-state index in [4.69, 9.17) is 5.73 Å². The first-order valence-electron chi connectivity index (χ1n) is 5.48. The van der Waals surface area contributed by atoms with Gasteiger partial charge in [-0.15, -0.1) is 0 Å². The first-order chi connectivity index (χ1) is 9.08. The number of carbonyl (C=O) groups is 1. The monoisotopic (exact) mass is 264 g/mol. The smallest absolute Gasteiger partial charge is 0.332 e. The maximum Gasteiger partial charge on any atom is 0.332 e. The van der Waals surface area contributed by atoms with Crippen LogP contribution in [-0.2, 0) is 9.53 Å². The number of esters is 1. The van der Waals surface area contributed by atoms with Gasteiger partial charge in [0.25, 0.3) is 5.69 Å². The number of nitro benzene ring substituents is 1. The molecule has 8 heteroatoms. The number of nitrogens with zero attached hydrogens (tertiary/aromatic N) is 3. The highest BCUT2D eigenvalue weighted by atomic mass is 16.6. The van der Waals surface area contributed by atoms with Crippen LogP contribution < -0.4 is 5.73 Å². The van der Waals surface area contributed by atoms with E-state index < -0.39 is 16.9 Å². The molecule has 100 valence electrons. The van der Waals surface area contributed by atoms with Crippen molar-refractivity contribution in [2.24, 2.45) is 5.73 Å². The van der Waals surface area contributed by atoms with Gasteiger partial charge in [0.2, 0.25) is 0 Å². The van der Waals surface area contributed by atoms with Crippen LogP contribution in [-0.4, -0.2) is 34.3 Å². The highest BCUT2D eigenvalue weighted by molar-refractivity contribution is 5.84. The first-order valence-corrected chi connectivity index (χ1v) is 5.48. The van der Waals surface area contributed by atoms with E-state index in [0.29, 0.717) is 10.9 Å². The summed E-state index contributed by atoms with van der Waals surface area (Å²) in [5.41, 5.74) is 5.93. The number of ether oxygens (including phenoxy) is 1. The number of hydrogen-bond donors (Lipinski definition) is 1. The maximum atomic E-state index is 11.6. The van der Waals surface area contributed by atoms with Crippen molar-refractivity contribution in [3.8, 4) is 0 Å². The van der Waals surface area contributed by atoms with E-state index in [-0.39, 0.29) is 12.2 Å². The molecule has 1 aromatic heterocycles. The molecular weight excluding hydrogens is 252 g/mol. The normalized spacial score (nSPS) is 12.3. The molecule has 0 saturated carbocycles. The van der Waals surface area contributed by atoms with Crippen molar-refractivity contribution in [1.82, 2.24) is 9.78 Å². The molecule has 0 spiro atoms. The number of aromatic nitrogens is 2. The topological polar surface area (TPSA) is 113 Å². The summed E-state index contributed by atoms with van der Waals surface area (Å²) in [6, 6.07) is 3.50. The quantitative estimate of drug-likeness (QED) is 0.492. The van der Waals surface area contributed by atoms with Crippen LogP contribution in [0.25, 0.3) is 10.9 Å². The molecule has 0 aliphatic carbocycles. The van der Waals surface area contributed by atoms with Gasteiger partial charge >= 0.3 is 5.97 Å². The summed E-state index contributed by atoms with van der Waals surface area (Å²) in [5, 5.41) is 15.5. The Kier molecular flexibility index (Phi) is 3.43. The average molecular weight is 264 g/mol. The number of benzene rings is 1. The number of methoxy groups -OCH3 is 1. The zero-order valence-corrected chi connectivity index (χ0v) is 10.1. The summed E-state index contributed by atoms with van der Waals surface area (Å²) in [5.74, 6) is -0.543. The highest BCUT2D eigenvalue weighted by Gasteiger charge is 2.23. The van der Waals surface area contributed by atoms with Crippen LogP contribution in [0.1, 0.15) is 6.04 Å². The highest BCUT2D eigenvalue weighted by Crippen LogP contribution is 2.23. The third kappa shape index (κ3) is 2.25.